The van der Waals surface area contributed by atoms with Crippen LogP contribution in [0.15, 0.2) is 28.7 Å². The van der Waals surface area contributed by atoms with Gasteiger partial charge in [0, 0.05) is 9.78 Å². The normalized spacial score (nSPS) is 12.8. The van der Waals surface area contributed by atoms with Crippen molar-refractivity contribution in [1.82, 2.24) is 0 Å². The molecule has 1 aromatic rings. The maximum absolute atomic E-state index is 11.3. The van der Waals surface area contributed by atoms with Gasteiger partial charge in [0.25, 0.3) is 0 Å². The largest absolute Gasteiger partial charge is 0.328 e. The lowest BCUT2D eigenvalue weighted by Gasteiger charge is -2.01. The fraction of sp³-hybridized carbons (Fsp3) is 0.250. The second-order valence-electron chi connectivity index (χ2n) is 2.23. The first-order valence-corrected chi connectivity index (χ1v) is 5.77. The van der Waals surface area contributed by atoms with Gasteiger partial charge in [0.15, 0.2) is 0 Å². The van der Waals surface area contributed by atoms with Crippen molar-refractivity contribution in [2.45, 2.75) is 6.92 Å². The molecule has 0 aliphatic carbocycles. The number of halogens is 1. The molecule has 12 heavy (non-hydrogen) atoms. The third kappa shape index (κ3) is 2.74. The number of benzene rings is 1. The van der Waals surface area contributed by atoms with E-state index in [0.29, 0.717) is 6.61 Å². The molecule has 66 valence electrons. The smallest absolute Gasteiger partial charge is 0.220 e. The Kier molecular flexibility index (Phi) is 3.99. The Morgan fingerprint density at radius 1 is 1.58 bits per heavy atom. The Morgan fingerprint density at radius 3 is 2.92 bits per heavy atom. The van der Waals surface area contributed by atoms with Gasteiger partial charge in [0.2, 0.25) is 8.03 Å². The molecule has 2 nitrogen and oxygen atoms in total. The molecule has 0 N–H and O–H groups in total. The van der Waals surface area contributed by atoms with E-state index < -0.39 is 8.03 Å². The lowest BCUT2D eigenvalue weighted by Crippen LogP contribution is -1.97. The number of rotatable bonds is 3. The molecule has 0 aromatic heterocycles. The molecule has 0 aliphatic heterocycles. The predicted molar refractivity (Wildman–Crippen MR) is 54.4 cm³/mol. The van der Waals surface area contributed by atoms with E-state index >= 15 is 0 Å². The van der Waals surface area contributed by atoms with E-state index in [0.717, 1.165) is 9.78 Å². The minimum atomic E-state index is -2.02. The minimum Gasteiger partial charge on any atom is -0.328 e. The van der Waals surface area contributed by atoms with Crippen molar-refractivity contribution in [3.8, 4) is 0 Å². The molecule has 0 saturated heterocycles. The first kappa shape index (κ1) is 9.97. The Morgan fingerprint density at radius 2 is 2.33 bits per heavy atom. The summed E-state index contributed by atoms with van der Waals surface area (Å²) in [6, 6.07) is 7.37. The monoisotopic (exact) mass is 248 g/mol. The van der Waals surface area contributed by atoms with Gasteiger partial charge in [-0.05, 0) is 25.1 Å². The average molecular weight is 249 g/mol. The van der Waals surface area contributed by atoms with Crippen LogP contribution in [0.1, 0.15) is 6.92 Å². The molecule has 1 aromatic carbocycles. The molecule has 0 amide bonds. The minimum absolute atomic E-state index is 0.490. The zero-order valence-electron chi connectivity index (χ0n) is 6.71. The number of hydrogen-bond acceptors (Lipinski definition) is 2. The van der Waals surface area contributed by atoms with Crippen molar-refractivity contribution in [2.24, 2.45) is 0 Å². The molecular weight excluding hydrogens is 239 g/mol. The Bertz CT molecular complexity index is 288. The van der Waals surface area contributed by atoms with Gasteiger partial charge in [-0.2, -0.15) is 0 Å². The fourth-order valence-electron chi connectivity index (χ4n) is 0.830. The molecule has 0 saturated carbocycles. The summed E-state index contributed by atoms with van der Waals surface area (Å²) in [5, 5.41) is 0.760. The highest BCUT2D eigenvalue weighted by Crippen LogP contribution is 2.22. The van der Waals surface area contributed by atoms with Crippen LogP contribution in [-0.4, -0.2) is 6.61 Å². The molecule has 0 spiro atoms. The van der Waals surface area contributed by atoms with E-state index in [1.165, 1.54) is 0 Å². The summed E-state index contributed by atoms with van der Waals surface area (Å²) in [6.07, 6.45) is 0. The van der Waals surface area contributed by atoms with E-state index in [1.54, 1.807) is 0 Å². The SMILES string of the molecule is CCO[PH](=O)c1cccc(Br)c1. The predicted octanol–water partition coefficient (Wildman–Crippen LogP) is 2.59. The van der Waals surface area contributed by atoms with Gasteiger partial charge in [-0.3, -0.25) is 4.57 Å². The van der Waals surface area contributed by atoms with Crippen LogP contribution in [0.2, 0.25) is 0 Å². The van der Waals surface area contributed by atoms with Crippen LogP contribution >= 0.6 is 24.0 Å². The number of hydrogen-bond donors (Lipinski definition) is 0. The fourth-order valence-corrected chi connectivity index (χ4v) is 2.37. The summed E-state index contributed by atoms with van der Waals surface area (Å²) in [4.78, 5) is 0. The van der Waals surface area contributed by atoms with Gasteiger partial charge in [-0.15, -0.1) is 0 Å². The Balaban J connectivity index is 2.81. The molecule has 0 aliphatic rings. The molecule has 0 bridgehead atoms. The van der Waals surface area contributed by atoms with Crippen LogP contribution in [0.25, 0.3) is 0 Å². The van der Waals surface area contributed by atoms with E-state index in [2.05, 4.69) is 15.9 Å². The molecule has 0 heterocycles. The van der Waals surface area contributed by atoms with E-state index in [9.17, 15) is 4.57 Å². The third-order valence-corrected chi connectivity index (χ3v) is 3.16. The maximum Gasteiger partial charge on any atom is 0.220 e. The quantitative estimate of drug-likeness (QED) is 0.769. The first-order valence-electron chi connectivity index (χ1n) is 3.66. The van der Waals surface area contributed by atoms with Gasteiger partial charge in [-0.1, -0.05) is 22.0 Å². The van der Waals surface area contributed by atoms with Crippen molar-refractivity contribution in [3.63, 3.8) is 0 Å². The molecule has 0 fully saturated rings. The zero-order valence-corrected chi connectivity index (χ0v) is 9.30. The summed E-state index contributed by atoms with van der Waals surface area (Å²) in [5.74, 6) is 0. The van der Waals surface area contributed by atoms with Crippen molar-refractivity contribution in [3.05, 3.63) is 28.7 Å². The van der Waals surface area contributed by atoms with Crippen molar-refractivity contribution in [2.75, 3.05) is 6.61 Å². The van der Waals surface area contributed by atoms with Gasteiger partial charge in [0.05, 0.1) is 6.61 Å². The summed E-state index contributed by atoms with van der Waals surface area (Å²) in [7, 11) is -2.02. The van der Waals surface area contributed by atoms with Crippen molar-refractivity contribution in [1.29, 1.82) is 0 Å². The van der Waals surface area contributed by atoms with Crippen LogP contribution in [0.4, 0.5) is 0 Å². The standard InChI is InChI=1S/C8H10BrO2P/c1-2-11-12(10)8-5-3-4-7(9)6-8/h3-6,12H,2H2,1H3. The van der Waals surface area contributed by atoms with E-state index in [4.69, 9.17) is 4.52 Å². The van der Waals surface area contributed by atoms with Crippen LogP contribution in [-0.2, 0) is 9.09 Å². The molecule has 1 rings (SSSR count). The summed E-state index contributed by atoms with van der Waals surface area (Å²) in [5.41, 5.74) is 0. The summed E-state index contributed by atoms with van der Waals surface area (Å²) >= 11 is 3.30. The van der Waals surface area contributed by atoms with Crippen LogP contribution in [0, 0.1) is 0 Å². The van der Waals surface area contributed by atoms with Crippen LogP contribution < -0.4 is 5.30 Å². The highest BCUT2D eigenvalue weighted by Gasteiger charge is 2.01. The Hall–Kier alpha value is -0.110. The van der Waals surface area contributed by atoms with E-state index in [1.807, 2.05) is 31.2 Å². The lowest BCUT2D eigenvalue weighted by atomic mass is 10.4. The molecule has 4 heteroatoms. The summed E-state index contributed by atoms with van der Waals surface area (Å²) < 4.78 is 17.3. The van der Waals surface area contributed by atoms with Crippen LogP contribution in [0.3, 0.4) is 0 Å². The second kappa shape index (κ2) is 4.80. The molecule has 0 radical (unpaired) electrons. The van der Waals surface area contributed by atoms with Gasteiger partial charge < -0.3 is 4.52 Å². The van der Waals surface area contributed by atoms with Gasteiger partial charge in [-0.25, -0.2) is 0 Å². The second-order valence-corrected chi connectivity index (χ2v) is 4.59. The topological polar surface area (TPSA) is 26.3 Å². The summed E-state index contributed by atoms with van der Waals surface area (Å²) in [6.45, 7) is 2.32. The molecular formula is C8H10BrO2P. The van der Waals surface area contributed by atoms with Gasteiger partial charge >= 0.3 is 0 Å². The average Bonchev–Trinajstić information content (AvgIpc) is 2.05. The van der Waals surface area contributed by atoms with Crippen molar-refractivity contribution < 1.29 is 9.09 Å². The molecule has 1 atom stereocenters. The van der Waals surface area contributed by atoms with Gasteiger partial charge in [0.1, 0.15) is 0 Å². The van der Waals surface area contributed by atoms with Crippen LogP contribution in [0.5, 0.6) is 0 Å². The van der Waals surface area contributed by atoms with E-state index in [-0.39, 0.29) is 0 Å². The third-order valence-electron chi connectivity index (χ3n) is 1.34. The first-order chi connectivity index (χ1) is 5.74. The maximum atomic E-state index is 11.3. The highest BCUT2D eigenvalue weighted by molar-refractivity contribution is 9.10. The van der Waals surface area contributed by atoms with Crippen molar-refractivity contribution >= 4 is 29.3 Å². The zero-order chi connectivity index (χ0) is 8.97. The molecule has 1 unspecified atom stereocenters. The Labute approximate surface area is 80.9 Å². The lowest BCUT2D eigenvalue weighted by molar-refractivity contribution is 0.357. The highest BCUT2D eigenvalue weighted by atomic mass is 79.9.